The summed E-state index contributed by atoms with van der Waals surface area (Å²) in [7, 11) is 0. The minimum atomic E-state index is -4.74. The van der Waals surface area contributed by atoms with Crippen LogP contribution in [0, 0.1) is 13.8 Å². The van der Waals surface area contributed by atoms with Gasteiger partial charge < -0.3 is 11.1 Å². The first-order valence-corrected chi connectivity index (χ1v) is 12.3. The van der Waals surface area contributed by atoms with E-state index in [0.29, 0.717) is 39.3 Å². The number of thiophene rings is 1. The lowest BCUT2D eigenvalue weighted by molar-refractivity contribution is -0.140. The Bertz CT molecular complexity index is 1510. The zero-order chi connectivity index (χ0) is 26.5. The molecule has 4 aromatic rings. The van der Waals surface area contributed by atoms with E-state index in [4.69, 9.17) is 5.73 Å². The van der Waals surface area contributed by atoms with Crippen molar-refractivity contribution in [3.8, 4) is 11.1 Å². The lowest BCUT2D eigenvalue weighted by Gasteiger charge is -2.16. The number of nitrogens with one attached hydrogen (secondary N) is 1. The molecule has 0 saturated carbocycles. The van der Waals surface area contributed by atoms with Gasteiger partial charge in [-0.05, 0) is 55.3 Å². The van der Waals surface area contributed by atoms with Gasteiger partial charge >= 0.3 is 6.18 Å². The number of amides is 2. The molecule has 4 aromatic heterocycles. The molecule has 0 aliphatic carbocycles. The Kier molecular flexibility index (Phi) is 6.68. The summed E-state index contributed by atoms with van der Waals surface area (Å²) in [6.45, 7) is 7.46. The third kappa shape index (κ3) is 4.39. The van der Waals surface area contributed by atoms with Gasteiger partial charge in [0.25, 0.3) is 5.91 Å². The predicted octanol–water partition coefficient (Wildman–Crippen LogP) is 5.07. The molecule has 2 amide bonds. The number of nitrogens with zero attached hydrogens (tertiary/aromatic N) is 5. The molecule has 9 nitrogen and oxygen atoms in total. The number of anilines is 1. The molecular formula is C22H21BrF3N7O2S. The van der Waals surface area contributed by atoms with Gasteiger partial charge in [0.2, 0.25) is 5.91 Å². The first kappa shape index (κ1) is 25.8. The lowest BCUT2D eigenvalue weighted by Crippen LogP contribution is -2.26. The highest BCUT2D eigenvalue weighted by Crippen LogP contribution is 2.44. The van der Waals surface area contributed by atoms with Crippen molar-refractivity contribution in [1.82, 2.24) is 24.5 Å². The number of pyridine rings is 1. The SMILES string of the molecule is CCn1ncc(-c2cc(C(F)(F)F)nc3sc(C(N)=O)c(NC(=O)C(C)n4ncc(Br)c4C)c23)c1C. The zero-order valence-corrected chi connectivity index (χ0v) is 22.0. The molecule has 0 saturated heterocycles. The Morgan fingerprint density at radius 3 is 2.42 bits per heavy atom. The molecule has 0 aliphatic heterocycles. The molecule has 190 valence electrons. The fourth-order valence-corrected chi connectivity index (χ4v) is 5.19. The molecule has 0 radical (unpaired) electrons. The Morgan fingerprint density at radius 1 is 1.19 bits per heavy atom. The highest BCUT2D eigenvalue weighted by Gasteiger charge is 2.36. The van der Waals surface area contributed by atoms with Crippen LogP contribution in [0.15, 0.2) is 22.9 Å². The minimum absolute atomic E-state index is 0.00287. The van der Waals surface area contributed by atoms with Gasteiger partial charge in [-0.25, -0.2) is 4.98 Å². The second-order valence-electron chi connectivity index (χ2n) is 8.05. The molecule has 1 unspecified atom stereocenters. The molecule has 0 fully saturated rings. The van der Waals surface area contributed by atoms with Crippen LogP contribution in [0.5, 0.6) is 0 Å². The van der Waals surface area contributed by atoms with Gasteiger partial charge in [0.15, 0.2) is 0 Å². The van der Waals surface area contributed by atoms with Crippen molar-refractivity contribution in [3.05, 3.63) is 44.9 Å². The fourth-order valence-electron chi connectivity index (χ4n) is 3.91. The van der Waals surface area contributed by atoms with Crippen LogP contribution in [-0.4, -0.2) is 36.4 Å². The number of carbonyl (C=O) groups excluding carboxylic acids is 2. The van der Waals surface area contributed by atoms with Crippen LogP contribution in [0.4, 0.5) is 18.9 Å². The van der Waals surface area contributed by atoms with E-state index < -0.39 is 29.7 Å². The van der Waals surface area contributed by atoms with Gasteiger partial charge in [-0.15, -0.1) is 11.3 Å². The van der Waals surface area contributed by atoms with Crippen LogP contribution < -0.4 is 11.1 Å². The number of aromatic nitrogens is 5. The van der Waals surface area contributed by atoms with E-state index >= 15 is 0 Å². The maximum Gasteiger partial charge on any atom is 0.433 e. The standard InChI is InChI=1S/C22H21BrF3N7O2S/c1-5-32-9(2)13(7-28-32)12-6-15(22(24,25)26)30-21-16(12)17(18(36-21)19(27)34)31-20(35)11(4)33-10(3)14(23)8-29-33/h6-8,11H,5H2,1-4H3,(H2,27,34)(H,31,35). The first-order valence-electron chi connectivity index (χ1n) is 10.7. The third-order valence-electron chi connectivity index (χ3n) is 5.85. The second kappa shape index (κ2) is 9.32. The summed E-state index contributed by atoms with van der Waals surface area (Å²) in [5, 5.41) is 11.3. The number of fused-ring (bicyclic) bond motifs is 1. The van der Waals surface area contributed by atoms with E-state index in [0.717, 1.165) is 6.07 Å². The summed E-state index contributed by atoms with van der Waals surface area (Å²) < 4.78 is 45.0. The highest BCUT2D eigenvalue weighted by atomic mass is 79.9. The van der Waals surface area contributed by atoms with Gasteiger partial charge in [-0.2, -0.15) is 23.4 Å². The normalized spacial score (nSPS) is 12.8. The molecule has 0 aromatic carbocycles. The fraction of sp³-hybridized carbons (Fsp3) is 0.318. The van der Waals surface area contributed by atoms with Gasteiger partial charge in [-0.1, -0.05) is 0 Å². The van der Waals surface area contributed by atoms with Crippen molar-refractivity contribution in [1.29, 1.82) is 0 Å². The van der Waals surface area contributed by atoms with Crippen LogP contribution in [0.2, 0.25) is 0 Å². The molecular weight excluding hydrogens is 563 g/mol. The Morgan fingerprint density at radius 2 is 1.89 bits per heavy atom. The topological polar surface area (TPSA) is 121 Å². The lowest BCUT2D eigenvalue weighted by atomic mass is 10.0. The Labute approximate surface area is 215 Å². The van der Waals surface area contributed by atoms with E-state index in [1.54, 1.807) is 31.6 Å². The number of hydrogen-bond acceptors (Lipinski definition) is 6. The van der Waals surface area contributed by atoms with Crippen LogP contribution in [0.25, 0.3) is 21.3 Å². The smallest absolute Gasteiger partial charge is 0.365 e. The quantitative estimate of drug-likeness (QED) is 0.328. The zero-order valence-electron chi connectivity index (χ0n) is 19.6. The highest BCUT2D eigenvalue weighted by molar-refractivity contribution is 9.10. The van der Waals surface area contributed by atoms with Crippen molar-refractivity contribution >= 4 is 55.0 Å². The number of primary amides is 1. The van der Waals surface area contributed by atoms with Crippen LogP contribution >= 0.6 is 27.3 Å². The first-order chi connectivity index (χ1) is 16.8. The number of alkyl halides is 3. The molecule has 4 rings (SSSR count). The van der Waals surface area contributed by atoms with Crippen LogP contribution in [0.3, 0.4) is 0 Å². The molecule has 14 heteroatoms. The number of nitrogens with two attached hydrogens (primary N) is 1. The number of carbonyl (C=O) groups is 2. The molecule has 0 bridgehead atoms. The van der Waals surface area contributed by atoms with Gasteiger partial charge in [-0.3, -0.25) is 19.0 Å². The Hall–Kier alpha value is -3.26. The maximum atomic E-state index is 13.7. The molecule has 0 aliphatic rings. The van der Waals surface area contributed by atoms with Crippen molar-refractivity contribution in [2.45, 2.75) is 46.5 Å². The number of halogens is 4. The van der Waals surface area contributed by atoms with Crippen molar-refractivity contribution in [2.75, 3.05) is 5.32 Å². The number of hydrogen-bond donors (Lipinski definition) is 2. The van der Waals surface area contributed by atoms with E-state index in [-0.39, 0.29) is 26.3 Å². The Balaban J connectivity index is 1.95. The second-order valence-corrected chi connectivity index (χ2v) is 9.90. The van der Waals surface area contributed by atoms with Gasteiger partial charge in [0.05, 0.1) is 28.2 Å². The summed E-state index contributed by atoms with van der Waals surface area (Å²) in [4.78, 5) is 29.1. The monoisotopic (exact) mass is 583 g/mol. The van der Waals surface area contributed by atoms with E-state index in [1.165, 1.54) is 10.9 Å². The van der Waals surface area contributed by atoms with Gasteiger partial charge in [0.1, 0.15) is 21.4 Å². The summed E-state index contributed by atoms with van der Waals surface area (Å²) in [6, 6.07) is 0.0972. The van der Waals surface area contributed by atoms with Crippen LogP contribution in [0.1, 0.15) is 46.6 Å². The summed E-state index contributed by atoms with van der Waals surface area (Å²) in [6.07, 6.45) is -1.74. The summed E-state index contributed by atoms with van der Waals surface area (Å²) in [5.41, 5.74) is 6.30. The van der Waals surface area contributed by atoms with E-state index in [9.17, 15) is 22.8 Å². The molecule has 36 heavy (non-hydrogen) atoms. The largest absolute Gasteiger partial charge is 0.433 e. The van der Waals surface area contributed by atoms with Gasteiger partial charge in [0, 0.05) is 23.2 Å². The van der Waals surface area contributed by atoms with Crippen LogP contribution in [-0.2, 0) is 17.5 Å². The summed E-state index contributed by atoms with van der Waals surface area (Å²) >= 11 is 4.04. The third-order valence-corrected chi connectivity index (χ3v) is 7.73. The maximum absolute atomic E-state index is 13.7. The summed E-state index contributed by atoms with van der Waals surface area (Å²) in [5.74, 6) is -1.44. The minimum Gasteiger partial charge on any atom is -0.365 e. The predicted molar refractivity (Wildman–Crippen MR) is 133 cm³/mol. The average Bonchev–Trinajstić information content (AvgIpc) is 3.47. The number of aryl methyl sites for hydroxylation is 1. The van der Waals surface area contributed by atoms with Crippen molar-refractivity contribution < 1.29 is 22.8 Å². The average molecular weight is 584 g/mol. The van der Waals surface area contributed by atoms with Crippen molar-refractivity contribution in [2.24, 2.45) is 5.73 Å². The van der Waals surface area contributed by atoms with E-state index in [2.05, 4.69) is 36.4 Å². The molecule has 1 atom stereocenters. The van der Waals surface area contributed by atoms with E-state index in [1.807, 2.05) is 6.92 Å². The number of rotatable bonds is 6. The molecule has 0 spiro atoms. The van der Waals surface area contributed by atoms with Crippen molar-refractivity contribution in [3.63, 3.8) is 0 Å². The molecule has 3 N–H and O–H groups in total. The molecule has 4 heterocycles.